The molecule has 0 aliphatic carbocycles. The standard InChI is InChI=1S/C75H126N14O17/c1-20-43(15)58(70(100)88-62-47(19)106-75(105)57(42(13)14)83-72(102)60(45(17)90)86-64(94)50(36-48-29-23-22-24-30-48)78-66(96)54(39(7)8)80-69(99)59(44(16)21-2)85-73(62)103)84-63(93)49(31-26-34-76)77-65(95)51-32-27-35-89(51)74(104)56(41(11)12)82-68(98)55(40(9)10)81-71(101)61(46(18)91)87-67(97)53(38(5)6)79-52(92)33-25-28-37(3)4/h22-24,29-30,37-47,49-51,53-62,90-91H,20-21,25-28,31-36,76H2,1-19H3,(H,77,95)(H,78,96)(H,79,92)(H,80,99)(H,81,101)(H,82,98)(H,83,102)(H,84,93)(H,85,103)(H,86,94)(H,87,97)(H,88,100)/t43-,44-,45+,46-,47+,49+,50+,51-,53-,54-,55+,56-,57+,58-,59-,60-,61+,62-/m1/s1. The number of likely N-dealkylation sites (tertiary alicyclic amines) is 1. The number of aliphatic hydroxyl groups excluding tert-OH is 2. The number of hydrogen-bond acceptors (Lipinski definition) is 18. The van der Waals surface area contributed by atoms with E-state index in [4.69, 9.17) is 10.5 Å². The molecule has 0 radical (unpaired) electrons. The van der Waals surface area contributed by atoms with Gasteiger partial charge in [-0.1, -0.05) is 160 Å². The van der Waals surface area contributed by atoms with Gasteiger partial charge >= 0.3 is 5.97 Å². The lowest BCUT2D eigenvalue weighted by atomic mass is 9.95. The largest absolute Gasteiger partial charge is 0.458 e. The summed E-state index contributed by atoms with van der Waals surface area (Å²) in [6.45, 7) is 31.3. The molecule has 2 aliphatic rings. The van der Waals surface area contributed by atoms with Gasteiger partial charge in [0.25, 0.3) is 0 Å². The van der Waals surface area contributed by atoms with Crippen molar-refractivity contribution in [1.29, 1.82) is 0 Å². The number of nitrogens with one attached hydrogen (secondary N) is 12. The van der Waals surface area contributed by atoms with Crippen LogP contribution in [0, 0.1) is 47.3 Å². The van der Waals surface area contributed by atoms with Crippen LogP contribution in [-0.2, 0) is 78.3 Å². The summed E-state index contributed by atoms with van der Waals surface area (Å²) in [5, 5.41) is 53.9. The second-order valence-corrected chi connectivity index (χ2v) is 30.8. The number of esters is 1. The number of carbonyl (C=O) groups is 14. The first-order valence-corrected chi connectivity index (χ1v) is 37.9. The maximum absolute atomic E-state index is 15.1. The van der Waals surface area contributed by atoms with Crippen molar-refractivity contribution in [3.8, 4) is 0 Å². The molecule has 31 heteroatoms. The van der Waals surface area contributed by atoms with Crippen molar-refractivity contribution < 1.29 is 82.1 Å². The number of aliphatic hydroxyl groups is 2. The lowest BCUT2D eigenvalue weighted by molar-refractivity contribution is -0.157. The number of benzene rings is 1. The van der Waals surface area contributed by atoms with Crippen LogP contribution in [-0.4, -0.2) is 208 Å². The SMILES string of the molecule is CC[C@@H](C)[C@@H](NC(=O)[C@H](CCCN)NC(=O)[C@H]1CCCN1C(=O)[C@H](NC(=O)[C@@H](NC(=O)[C@@H](NC(=O)[C@H](NC(=O)CCCC(C)C)C(C)C)[C@@H](C)O)C(C)C)C(C)C)C(=O)N[C@H]1C(=O)N[C@H]([C@H](C)CC)C(=O)N[C@H](C(C)C)C(=O)N[C@@H](Cc2ccccc2)C(=O)N[C@H]([C@H](C)O)C(=O)N[C@@H](C(C)C)C(=O)O[C@H]1C. The van der Waals surface area contributed by atoms with Gasteiger partial charge in [0.1, 0.15) is 84.6 Å². The molecule has 13 amide bonds. The fourth-order valence-electron chi connectivity index (χ4n) is 12.3. The molecule has 3 rings (SSSR count). The maximum Gasteiger partial charge on any atom is 0.329 e. The Labute approximate surface area is 625 Å². The Morgan fingerprint density at radius 3 is 1.59 bits per heavy atom. The van der Waals surface area contributed by atoms with Gasteiger partial charge in [0, 0.05) is 19.4 Å². The lowest BCUT2D eigenvalue weighted by Gasteiger charge is -2.34. The average Bonchev–Trinajstić information content (AvgIpc) is 1.58. The summed E-state index contributed by atoms with van der Waals surface area (Å²) in [6.07, 6.45) is -2.03. The van der Waals surface area contributed by atoms with Crippen LogP contribution >= 0.6 is 0 Å². The van der Waals surface area contributed by atoms with Crippen molar-refractivity contribution in [2.45, 2.75) is 293 Å². The van der Waals surface area contributed by atoms with Gasteiger partial charge in [-0.3, -0.25) is 62.3 Å². The zero-order valence-electron chi connectivity index (χ0n) is 65.8. The number of amides is 13. The van der Waals surface area contributed by atoms with Crippen LogP contribution in [0.3, 0.4) is 0 Å². The van der Waals surface area contributed by atoms with Crippen LogP contribution in [0.15, 0.2) is 30.3 Å². The third-order valence-electron chi connectivity index (χ3n) is 19.5. The van der Waals surface area contributed by atoms with E-state index in [2.05, 4.69) is 63.8 Å². The number of rotatable bonds is 34. The first-order valence-electron chi connectivity index (χ1n) is 37.9. The number of hydrogen-bond donors (Lipinski definition) is 15. The van der Waals surface area contributed by atoms with E-state index in [1.807, 2.05) is 13.8 Å². The fourth-order valence-corrected chi connectivity index (χ4v) is 12.3. The smallest absolute Gasteiger partial charge is 0.329 e. The van der Waals surface area contributed by atoms with Crippen LogP contribution < -0.4 is 69.5 Å². The summed E-state index contributed by atoms with van der Waals surface area (Å²) in [5.41, 5.74) is 6.57. The lowest BCUT2D eigenvalue weighted by Crippen LogP contribution is -2.64. The Balaban J connectivity index is 2.01. The van der Waals surface area contributed by atoms with Gasteiger partial charge in [-0.2, -0.15) is 0 Å². The third kappa shape index (κ3) is 27.8. The molecule has 106 heavy (non-hydrogen) atoms. The van der Waals surface area contributed by atoms with E-state index < -0.39 is 215 Å². The zero-order chi connectivity index (χ0) is 80.3. The van der Waals surface area contributed by atoms with Gasteiger partial charge in [-0.25, -0.2) is 4.79 Å². The van der Waals surface area contributed by atoms with Gasteiger partial charge in [-0.05, 0) is 112 Å². The molecule has 31 nitrogen and oxygen atoms in total. The van der Waals surface area contributed by atoms with Gasteiger partial charge in [0.15, 0.2) is 0 Å². The summed E-state index contributed by atoms with van der Waals surface area (Å²) < 4.78 is 5.95. The predicted molar refractivity (Wildman–Crippen MR) is 397 cm³/mol. The summed E-state index contributed by atoms with van der Waals surface area (Å²) in [4.78, 5) is 202. The Bertz CT molecular complexity index is 3130. The Morgan fingerprint density at radius 1 is 0.557 bits per heavy atom. The number of cyclic esters (lactones) is 1. The summed E-state index contributed by atoms with van der Waals surface area (Å²) in [7, 11) is 0. The number of carbonyl (C=O) groups excluding carboxylic acids is 14. The molecule has 1 aromatic carbocycles. The highest BCUT2D eigenvalue weighted by Crippen LogP contribution is 2.23. The van der Waals surface area contributed by atoms with Crippen molar-refractivity contribution >= 4 is 82.8 Å². The minimum absolute atomic E-state index is 0.0601. The molecule has 18 atom stereocenters. The summed E-state index contributed by atoms with van der Waals surface area (Å²) in [6, 6.07) is -9.84. The van der Waals surface area contributed by atoms with E-state index in [0.29, 0.717) is 24.3 Å². The topological polar surface area (TPSA) is 462 Å². The molecule has 2 fully saturated rings. The van der Waals surface area contributed by atoms with E-state index in [-0.39, 0.29) is 63.9 Å². The zero-order valence-corrected chi connectivity index (χ0v) is 65.8. The minimum Gasteiger partial charge on any atom is -0.458 e. The van der Waals surface area contributed by atoms with Crippen molar-refractivity contribution in [2.24, 2.45) is 53.1 Å². The van der Waals surface area contributed by atoms with Crippen molar-refractivity contribution in [3.05, 3.63) is 35.9 Å². The van der Waals surface area contributed by atoms with Crippen LogP contribution in [0.25, 0.3) is 0 Å². The molecule has 598 valence electrons. The molecule has 2 saturated heterocycles. The first-order chi connectivity index (χ1) is 49.6. The van der Waals surface area contributed by atoms with Gasteiger partial charge in [0.2, 0.25) is 76.8 Å². The van der Waals surface area contributed by atoms with Crippen LogP contribution in [0.5, 0.6) is 0 Å². The van der Waals surface area contributed by atoms with Gasteiger partial charge < -0.3 is 89.4 Å². The fraction of sp³-hybridized carbons (Fsp3) is 0.733. The molecular weight excluding hydrogens is 1370 g/mol. The van der Waals surface area contributed by atoms with E-state index in [0.717, 1.165) is 6.42 Å². The highest BCUT2D eigenvalue weighted by molar-refractivity contribution is 6.01. The molecule has 0 bridgehead atoms. The van der Waals surface area contributed by atoms with E-state index >= 15 is 9.59 Å². The van der Waals surface area contributed by atoms with Crippen LogP contribution in [0.4, 0.5) is 0 Å². The van der Waals surface area contributed by atoms with E-state index in [9.17, 15) is 67.7 Å². The van der Waals surface area contributed by atoms with E-state index in [1.54, 1.807) is 127 Å². The van der Waals surface area contributed by atoms with Crippen molar-refractivity contribution in [1.82, 2.24) is 68.7 Å². The summed E-state index contributed by atoms with van der Waals surface area (Å²) >= 11 is 0. The average molecular weight is 1500 g/mol. The highest BCUT2D eigenvalue weighted by Gasteiger charge is 2.45. The Morgan fingerprint density at radius 2 is 1.07 bits per heavy atom. The molecule has 0 saturated carbocycles. The molecule has 0 spiro atoms. The number of nitrogens with two attached hydrogens (primary N) is 1. The van der Waals surface area contributed by atoms with E-state index in [1.165, 1.54) is 25.7 Å². The summed E-state index contributed by atoms with van der Waals surface area (Å²) in [5.74, 6) is -15.7. The molecule has 1 aromatic rings. The second kappa shape index (κ2) is 44.1. The number of ether oxygens (including phenoxy) is 1. The molecule has 2 aliphatic heterocycles. The minimum atomic E-state index is -1.86. The maximum atomic E-state index is 15.1. The van der Waals surface area contributed by atoms with Gasteiger partial charge in [-0.15, -0.1) is 0 Å². The molecule has 0 aromatic heterocycles. The molecule has 0 unspecified atom stereocenters. The monoisotopic (exact) mass is 1490 g/mol. The Hall–Kier alpha value is -8.32. The predicted octanol–water partition coefficient (Wildman–Crippen LogP) is 0.682. The van der Waals surface area contributed by atoms with Gasteiger partial charge in [0.05, 0.1) is 12.2 Å². The molecular formula is C75H126N14O17. The normalized spacial score (nSPS) is 23.1. The quantitative estimate of drug-likeness (QED) is 0.0422. The Kier molecular flexibility index (Phi) is 38.2. The highest BCUT2D eigenvalue weighted by atomic mass is 16.5. The third-order valence-corrected chi connectivity index (χ3v) is 19.5. The number of nitrogens with zero attached hydrogens (tertiary/aromatic N) is 1. The van der Waals surface area contributed by atoms with Crippen LogP contribution in [0.2, 0.25) is 0 Å². The van der Waals surface area contributed by atoms with Crippen molar-refractivity contribution in [2.75, 3.05) is 13.1 Å². The first kappa shape index (κ1) is 91.9. The van der Waals surface area contributed by atoms with Crippen molar-refractivity contribution in [3.63, 3.8) is 0 Å². The van der Waals surface area contributed by atoms with Crippen LogP contribution in [0.1, 0.15) is 195 Å². The second-order valence-electron chi connectivity index (χ2n) is 30.8. The molecule has 16 N–H and O–H groups in total. The molecule has 2 heterocycles.